The highest BCUT2D eigenvalue weighted by molar-refractivity contribution is 7.99. The Kier molecular flexibility index (Phi) is 6.50. The number of pyridine rings is 1. The number of ether oxygens (including phenoxy) is 1. The second kappa shape index (κ2) is 9.50. The number of hydrogen-bond donors (Lipinski definition) is 0. The van der Waals surface area contributed by atoms with Crippen molar-refractivity contribution < 1.29 is 18.3 Å². The van der Waals surface area contributed by atoms with Gasteiger partial charge in [-0.1, -0.05) is 35.5 Å². The third kappa shape index (κ3) is 4.93. The SMILES string of the molecule is Cc1ccnc(-n2c(SCC(=O)c3cc(C)ccc3OC(F)F)nc3ccccc3c2=O)c1. The first-order chi connectivity index (χ1) is 15.8. The van der Waals surface area contributed by atoms with Gasteiger partial charge in [0.15, 0.2) is 10.9 Å². The molecule has 0 saturated heterocycles. The van der Waals surface area contributed by atoms with Crippen LogP contribution >= 0.6 is 11.8 Å². The number of para-hydroxylation sites is 1. The Morgan fingerprint density at radius 3 is 2.61 bits per heavy atom. The molecule has 2 heterocycles. The highest BCUT2D eigenvalue weighted by atomic mass is 32.2. The van der Waals surface area contributed by atoms with Gasteiger partial charge >= 0.3 is 6.61 Å². The Bertz CT molecular complexity index is 1410. The van der Waals surface area contributed by atoms with Gasteiger partial charge in [0.1, 0.15) is 11.6 Å². The van der Waals surface area contributed by atoms with Crippen LogP contribution in [0.3, 0.4) is 0 Å². The minimum Gasteiger partial charge on any atom is -0.434 e. The number of fused-ring (bicyclic) bond motifs is 1. The molecule has 2 aromatic heterocycles. The molecule has 0 aliphatic heterocycles. The van der Waals surface area contributed by atoms with Crippen LogP contribution in [0.15, 0.2) is 70.7 Å². The first-order valence-corrected chi connectivity index (χ1v) is 11.0. The largest absolute Gasteiger partial charge is 0.434 e. The number of ketones is 1. The second-order valence-electron chi connectivity index (χ2n) is 7.33. The zero-order valence-corrected chi connectivity index (χ0v) is 18.6. The van der Waals surface area contributed by atoms with Crippen LogP contribution in [0.2, 0.25) is 0 Å². The van der Waals surface area contributed by atoms with Crippen molar-refractivity contribution in [2.75, 3.05) is 5.75 Å². The van der Waals surface area contributed by atoms with Crippen LogP contribution in [0, 0.1) is 13.8 Å². The van der Waals surface area contributed by atoms with Gasteiger partial charge in [-0.2, -0.15) is 8.78 Å². The summed E-state index contributed by atoms with van der Waals surface area (Å²) in [7, 11) is 0. The fourth-order valence-electron chi connectivity index (χ4n) is 3.32. The number of Topliss-reactive ketones (excluding diaryl/α,β-unsaturated/α-hetero) is 1. The van der Waals surface area contributed by atoms with Gasteiger partial charge in [0.25, 0.3) is 5.56 Å². The Morgan fingerprint density at radius 1 is 1.09 bits per heavy atom. The van der Waals surface area contributed by atoms with Gasteiger partial charge < -0.3 is 4.74 Å². The van der Waals surface area contributed by atoms with Crippen LogP contribution in [0.25, 0.3) is 16.7 Å². The van der Waals surface area contributed by atoms with Crippen LogP contribution in [0.4, 0.5) is 8.78 Å². The molecule has 0 aliphatic rings. The second-order valence-corrected chi connectivity index (χ2v) is 8.28. The van der Waals surface area contributed by atoms with E-state index in [0.717, 1.165) is 22.9 Å². The minimum atomic E-state index is -3.05. The van der Waals surface area contributed by atoms with Crippen molar-refractivity contribution in [2.24, 2.45) is 0 Å². The van der Waals surface area contributed by atoms with Crippen LogP contribution in [0.5, 0.6) is 5.75 Å². The van der Waals surface area contributed by atoms with Gasteiger partial charge in [-0.25, -0.2) is 14.5 Å². The van der Waals surface area contributed by atoms with Crippen molar-refractivity contribution in [3.63, 3.8) is 0 Å². The lowest BCUT2D eigenvalue weighted by molar-refractivity contribution is -0.0501. The summed E-state index contributed by atoms with van der Waals surface area (Å²) in [6, 6.07) is 14.9. The number of aryl methyl sites for hydroxylation is 2. The zero-order valence-electron chi connectivity index (χ0n) is 17.8. The molecular weight excluding hydrogens is 448 g/mol. The summed E-state index contributed by atoms with van der Waals surface area (Å²) in [6.45, 7) is 0.581. The Balaban J connectivity index is 1.74. The maximum atomic E-state index is 13.3. The van der Waals surface area contributed by atoms with E-state index in [1.165, 1.54) is 16.7 Å². The van der Waals surface area contributed by atoms with Crippen LogP contribution in [-0.4, -0.2) is 32.7 Å². The maximum Gasteiger partial charge on any atom is 0.387 e. The summed E-state index contributed by atoms with van der Waals surface area (Å²) in [5, 5.41) is 0.692. The number of nitrogens with zero attached hydrogens (tertiary/aromatic N) is 3. The first-order valence-electron chi connectivity index (χ1n) is 10.00. The van der Waals surface area contributed by atoms with Gasteiger partial charge in [-0.3, -0.25) is 9.59 Å². The Hall–Kier alpha value is -3.59. The molecule has 4 rings (SSSR count). The standard InChI is InChI=1S/C24H19F2N3O3S/c1-14-7-8-20(32-23(25)26)17(11-14)19(30)13-33-24-28-18-6-4-3-5-16(18)22(31)29(24)21-12-15(2)9-10-27-21/h3-12,23H,13H2,1-2H3. The van der Waals surface area contributed by atoms with E-state index in [1.807, 2.05) is 13.0 Å². The van der Waals surface area contributed by atoms with Gasteiger partial charge in [-0.05, 0) is 55.8 Å². The van der Waals surface area contributed by atoms with Crippen molar-refractivity contribution in [1.82, 2.24) is 14.5 Å². The number of carbonyl (C=O) groups excluding carboxylic acids is 1. The fraction of sp³-hybridized carbons (Fsp3) is 0.167. The average molecular weight is 467 g/mol. The molecule has 168 valence electrons. The summed E-state index contributed by atoms with van der Waals surface area (Å²) in [6.07, 6.45) is 1.59. The molecule has 0 amide bonds. The number of carbonyl (C=O) groups is 1. The summed E-state index contributed by atoms with van der Waals surface area (Å²) in [5.41, 5.74) is 1.85. The van der Waals surface area contributed by atoms with E-state index in [0.29, 0.717) is 16.7 Å². The average Bonchev–Trinajstić information content (AvgIpc) is 2.78. The number of benzene rings is 2. The van der Waals surface area contributed by atoms with Crippen molar-refractivity contribution in [1.29, 1.82) is 0 Å². The lowest BCUT2D eigenvalue weighted by Crippen LogP contribution is -2.23. The normalized spacial score (nSPS) is 11.2. The zero-order chi connectivity index (χ0) is 23.5. The lowest BCUT2D eigenvalue weighted by Gasteiger charge is -2.14. The highest BCUT2D eigenvalue weighted by Gasteiger charge is 2.19. The van der Waals surface area contributed by atoms with Crippen molar-refractivity contribution >= 4 is 28.4 Å². The molecule has 0 saturated carbocycles. The summed E-state index contributed by atoms with van der Waals surface area (Å²) in [4.78, 5) is 35.1. The molecule has 0 fully saturated rings. The molecular formula is C24H19F2N3O3S. The van der Waals surface area contributed by atoms with Crippen LogP contribution in [-0.2, 0) is 0 Å². The van der Waals surface area contributed by atoms with Crippen molar-refractivity contribution in [2.45, 2.75) is 25.6 Å². The van der Waals surface area contributed by atoms with Gasteiger partial charge in [-0.15, -0.1) is 0 Å². The van der Waals surface area contributed by atoms with Crippen molar-refractivity contribution in [3.8, 4) is 11.6 Å². The molecule has 0 spiro atoms. The number of halogens is 2. The van der Waals surface area contributed by atoms with Gasteiger partial charge in [0, 0.05) is 6.20 Å². The van der Waals surface area contributed by atoms with Gasteiger partial charge in [0.05, 0.1) is 22.2 Å². The number of hydrogen-bond acceptors (Lipinski definition) is 6. The third-order valence-electron chi connectivity index (χ3n) is 4.86. The Labute approximate surface area is 192 Å². The molecule has 0 radical (unpaired) electrons. The highest BCUT2D eigenvalue weighted by Crippen LogP contribution is 2.26. The van der Waals surface area contributed by atoms with E-state index in [2.05, 4.69) is 14.7 Å². The summed E-state index contributed by atoms with van der Waals surface area (Å²) < 4.78 is 31.4. The van der Waals surface area contributed by atoms with E-state index in [-0.39, 0.29) is 27.8 Å². The minimum absolute atomic E-state index is 0.0474. The molecule has 33 heavy (non-hydrogen) atoms. The smallest absolute Gasteiger partial charge is 0.387 e. The predicted octanol–water partition coefficient (Wildman–Crippen LogP) is 4.97. The third-order valence-corrected chi connectivity index (χ3v) is 5.80. The van der Waals surface area contributed by atoms with E-state index in [1.54, 1.807) is 49.5 Å². The summed E-state index contributed by atoms with van der Waals surface area (Å²) >= 11 is 1.03. The molecule has 2 aromatic carbocycles. The number of thioether (sulfide) groups is 1. The lowest BCUT2D eigenvalue weighted by atomic mass is 10.1. The summed E-state index contributed by atoms with van der Waals surface area (Å²) in [5.74, 6) is -0.374. The van der Waals surface area contributed by atoms with Gasteiger partial charge in [0.2, 0.25) is 0 Å². The topological polar surface area (TPSA) is 74.1 Å². The molecule has 9 heteroatoms. The van der Waals surface area contributed by atoms with E-state index >= 15 is 0 Å². The number of rotatable bonds is 7. The quantitative estimate of drug-likeness (QED) is 0.217. The maximum absolute atomic E-state index is 13.3. The molecule has 0 N–H and O–H groups in total. The molecule has 4 aromatic rings. The molecule has 0 unspecified atom stereocenters. The van der Waals surface area contributed by atoms with Crippen molar-refractivity contribution in [3.05, 3.63) is 87.8 Å². The number of aromatic nitrogens is 3. The number of alkyl halides is 2. The Morgan fingerprint density at radius 2 is 1.85 bits per heavy atom. The molecule has 6 nitrogen and oxygen atoms in total. The van der Waals surface area contributed by atoms with Crippen LogP contribution in [0.1, 0.15) is 21.5 Å². The molecule has 0 aliphatic carbocycles. The predicted molar refractivity (Wildman–Crippen MR) is 123 cm³/mol. The monoisotopic (exact) mass is 467 g/mol. The van der Waals surface area contributed by atoms with E-state index in [4.69, 9.17) is 0 Å². The fourth-order valence-corrected chi connectivity index (χ4v) is 4.21. The van der Waals surface area contributed by atoms with E-state index in [9.17, 15) is 18.4 Å². The molecule has 0 bridgehead atoms. The first kappa shape index (κ1) is 22.6. The van der Waals surface area contributed by atoms with E-state index < -0.39 is 12.4 Å². The van der Waals surface area contributed by atoms with Crippen LogP contribution < -0.4 is 10.3 Å². The molecule has 0 atom stereocenters.